The number of aliphatic hydroxyl groups excluding tert-OH is 1. The second kappa shape index (κ2) is 8.91. The first-order valence-electron chi connectivity index (χ1n) is 9.51. The minimum absolute atomic E-state index is 0.105. The van der Waals surface area contributed by atoms with Crippen molar-refractivity contribution in [2.24, 2.45) is 4.40 Å². The molecule has 0 aromatic heterocycles. The van der Waals surface area contributed by atoms with Crippen molar-refractivity contribution in [3.63, 3.8) is 0 Å². The van der Waals surface area contributed by atoms with Crippen LogP contribution in [0.3, 0.4) is 0 Å². The van der Waals surface area contributed by atoms with Crippen LogP contribution < -0.4 is 5.32 Å². The molecule has 3 rings (SSSR count). The topological polar surface area (TPSA) is 88.0 Å². The van der Waals surface area contributed by atoms with Crippen molar-refractivity contribution in [3.05, 3.63) is 70.5 Å². The van der Waals surface area contributed by atoms with Crippen LogP contribution in [0.1, 0.15) is 37.4 Å². The molecule has 0 radical (unpaired) electrons. The predicted octanol–water partition coefficient (Wildman–Crippen LogP) is 3.60. The molecule has 1 heterocycles. The third kappa shape index (κ3) is 5.11. The fourth-order valence-corrected chi connectivity index (χ4v) is 5.27. The molecule has 30 heavy (non-hydrogen) atoms. The lowest BCUT2D eigenvalue weighted by molar-refractivity contribution is 0.0760. The molecule has 2 atom stereocenters. The number of ether oxygens (including phenoxy) is 1. The van der Waals surface area contributed by atoms with Gasteiger partial charge >= 0.3 is 6.02 Å². The lowest BCUT2D eigenvalue weighted by Gasteiger charge is -2.38. The maximum atomic E-state index is 14.3. The summed E-state index contributed by atoms with van der Waals surface area (Å²) in [4.78, 5) is 0. The van der Waals surface area contributed by atoms with Gasteiger partial charge in [0.1, 0.15) is 16.7 Å². The number of benzene rings is 2. The number of amidine groups is 1. The molecule has 0 saturated heterocycles. The van der Waals surface area contributed by atoms with Gasteiger partial charge in [0.05, 0.1) is 6.04 Å². The van der Waals surface area contributed by atoms with Crippen molar-refractivity contribution in [2.75, 3.05) is 6.61 Å². The molecule has 0 spiro atoms. The number of sulfonamides is 1. The monoisotopic (exact) mass is 454 g/mol. The second-order valence-electron chi connectivity index (χ2n) is 7.67. The van der Waals surface area contributed by atoms with Gasteiger partial charge in [0.2, 0.25) is 0 Å². The van der Waals surface area contributed by atoms with E-state index in [1.807, 2.05) is 30.3 Å². The van der Waals surface area contributed by atoms with E-state index in [0.717, 1.165) is 5.56 Å². The molecule has 0 bridgehead atoms. The molecule has 2 N–H and O–H groups in total. The third-order valence-electron chi connectivity index (χ3n) is 5.02. The van der Waals surface area contributed by atoms with Crippen LogP contribution in [0.25, 0.3) is 0 Å². The summed E-state index contributed by atoms with van der Waals surface area (Å²) in [7, 11) is -3.92. The lowest BCUT2D eigenvalue weighted by atomic mass is 9.97. The van der Waals surface area contributed by atoms with E-state index in [4.69, 9.17) is 16.3 Å². The predicted molar refractivity (Wildman–Crippen MR) is 114 cm³/mol. The van der Waals surface area contributed by atoms with Gasteiger partial charge in [0.25, 0.3) is 10.0 Å². The van der Waals surface area contributed by atoms with E-state index in [-0.39, 0.29) is 31.0 Å². The second-order valence-corrected chi connectivity index (χ2v) is 9.89. The molecule has 2 aromatic carbocycles. The zero-order valence-electron chi connectivity index (χ0n) is 16.7. The van der Waals surface area contributed by atoms with Crippen LogP contribution in [0.4, 0.5) is 4.39 Å². The number of halogens is 2. The fraction of sp³-hybridized carbons (Fsp3) is 0.381. The summed E-state index contributed by atoms with van der Waals surface area (Å²) < 4.78 is 49.9. The summed E-state index contributed by atoms with van der Waals surface area (Å²) in [5.41, 5.74) is -0.0481. The highest BCUT2D eigenvalue weighted by Gasteiger charge is 2.46. The Bertz CT molecular complexity index is 1030. The normalized spacial score (nSPS) is 20.7. The van der Waals surface area contributed by atoms with Gasteiger partial charge in [-0.05, 0) is 50.5 Å². The molecule has 2 aromatic rings. The molecule has 0 fully saturated rings. The first kappa shape index (κ1) is 22.5. The molecule has 1 unspecified atom stereocenters. The number of nitrogens with zero attached hydrogens (tertiary/aromatic N) is 1. The first-order chi connectivity index (χ1) is 14.1. The van der Waals surface area contributed by atoms with Gasteiger partial charge in [-0.3, -0.25) is 0 Å². The fourth-order valence-electron chi connectivity index (χ4n) is 3.47. The molecule has 1 aliphatic heterocycles. The Hall–Kier alpha value is -2.16. The van der Waals surface area contributed by atoms with Crippen molar-refractivity contribution in [1.82, 2.24) is 5.32 Å². The van der Waals surface area contributed by atoms with Crippen molar-refractivity contribution in [3.8, 4) is 0 Å². The van der Waals surface area contributed by atoms with Gasteiger partial charge in [0.15, 0.2) is 0 Å². The third-order valence-corrected chi connectivity index (χ3v) is 7.13. The van der Waals surface area contributed by atoms with Crippen molar-refractivity contribution in [1.29, 1.82) is 0 Å². The van der Waals surface area contributed by atoms with E-state index in [9.17, 15) is 17.9 Å². The average Bonchev–Trinajstić information content (AvgIpc) is 2.66. The zero-order chi connectivity index (χ0) is 21.9. The molecule has 6 nitrogen and oxygen atoms in total. The quantitative estimate of drug-likeness (QED) is 0.696. The van der Waals surface area contributed by atoms with E-state index in [2.05, 4.69) is 9.71 Å². The molecule has 0 saturated carbocycles. The number of hydrogen-bond acceptors (Lipinski definition) is 5. The van der Waals surface area contributed by atoms with Crippen LogP contribution in [0.15, 0.2) is 52.9 Å². The number of nitrogens with one attached hydrogen (secondary N) is 1. The molecule has 1 aliphatic rings. The standard InChI is InChI=1S/C21H24ClFN2O4S/c1-21(2)19(12-14-6-4-3-5-7-14)30(27,28)25-20(29-21)24-18(10-11-26)16-13-15(22)8-9-17(16)23/h3-9,13,18-19,26H,10-12H2,1-2H3,(H,24,25)/t18-,19?/m0/s1. The van der Waals surface area contributed by atoms with Crippen molar-refractivity contribution < 1.29 is 22.7 Å². The van der Waals surface area contributed by atoms with Gasteiger partial charge in [-0.15, -0.1) is 4.40 Å². The van der Waals surface area contributed by atoms with E-state index in [1.165, 1.54) is 18.2 Å². The SMILES string of the molecule is CC1(C)OC(N[C@@H](CCO)c2cc(Cl)ccc2F)=NS(=O)(=O)C1Cc1ccccc1. The highest BCUT2D eigenvalue weighted by Crippen LogP contribution is 2.32. The van der Waals surface area contributed by atoms with Crippen LogP contribution in [0, 0.1) is 5.82 Å². The van der Waals surface area contributed by atoms with Gasteiger partial charge in [-0.25, -0.2) is 12.8 Å². The number of hydrogen-bond donors (Lipinski definition) is 2. The summed E-state index contributed by atoms with van der Waals surface area (Å²) in [6, 6.07) is 12.3. The smallest absolute Gasteiger partial charge is 0.301 e. The molecule has 162 valence electrons. The highest BCUT2D eigenvalue weighted by molar-refractivity contribution is 7.91. The van der Waals surface area contributed by atoms with Crippen LogP contribution in [-0.2, 0) is 21.2 Å². The van der Waals surface area contributed by atoms with Crippen molar-refractivity contribution >= 4 is 27.6 Å². The van der Waals surface area contributed by atoms with Gasteiger partial charge < -0.3 is 15.2 Å². The molecule has 9 heteroatoms. The lowest BCUT2D eigenvalue weighted by Crippen LogP contribution is -2.53. The number of aliphatic hydroxyl groups is 1. The molecule has 0 amide bonds. The van der Waals surface area contributed by atoms with Gasteiger partial charge in [-0.2, -0.15) is 0 Å². The van der Waals surface area contributed by atoms with Crippen LogP contribution >= 0.6 is 11.6 Å². The Morgan fingerprint density at radius 2 is 1.97 bits per heavy atom. The summed E-state index contributed by atoms with van der Waals surface area (Å²) in [5, 5.41) is 11.7. The first-order valence-corrected chi connectivity index (χ1v) is 11.4. The van der Waals surface area contributed by atoms with Crippen LogP contribution in [0.5, 0.6) is 0 Å². The Morgan fingerprint density at radius 1 is 1.27 bits per heavy atom. The summed E-state index contributed by atoms with van der Waals surface area (Å²) in [6.07, 6.45) is 0.351. The number of rotatable bonds is 6. The Labute approximate surface area is 180 Å². The maximum Gasteiger partial charge on any atom is 0.301 e. The van der Waals surface area contributed by atoms with Crippen LogP contribution in [0.2, 0.25) is 5.02 Å². The summed E-state index contributed by atoms with van der Waals surface area (Å²) in [6.45, 7) is 3.09. The van der Waals surface area contributed by atoms with Crippen LogP contribution in [-0.4, -0.2) is 37.0 Å². The summed E-state index contributed by atoms with van der Waals surface area (Å²) >= 11 is 5.98. The molecular weight excluding hydrogens is 431 g/mol. The minimum Gasteiger partial charge on any atom is -0.457 e. The van der Waals surface area contributed by atoms with E-state index in [1.54, 1.807) is 13.8 Å². The molecule has 0 aliphatic carbocycles. The minimum atomic E-state index is -3.92. The summed E-state index contributed by atoms with van der Waals surface area (Å²) in [5.74, 6) is -0.536. The Morgan fingerprint density at radius 3 is 2.60 bits per heavy atom. The van der Waals surface area contributed by atoms with Crippen molar-refractivity contribution in [2.45, 2.75) is 43.6 Å². The zero-order valence-corrected chi connectivity index (χ0v) is 18.3. The average molecular weight is 455 g/mol. The largest absolute Gasteiger partial charge is 0.457 e. The van der Waals surface area contributed by atoms with Gasteiger partial charge in [-0.1, -0.05) is 41.9 Å². The molecular formula is C21H24ClFN2O4S. The maximum absolute atomic E-state index is 14.3. The van der Waals surface area contributed by atoms with Gasteiger partial charge in [0, 0.05) is 17.2 Å². The van der Waals surface area contributed by atoms with E-state index < -0.39 is 32.7 Å². The Kier molecular flexibility index (Phi) is 6.69. The highest BCUT2D eigenvalue weighted by atomic mass is 35.5. The van der Waals surface area contributed by atoms with E-state index >= 15 is 0 Å². The Balaban J connectivity index is 1.90. The van der Waals surface area contributed by atoms with E-state index in [0.29, 0.717) is 5.02 Å².